The fourth-order valence-electron chi connectivity index (χ4n) is 3.02. The van der Waals surface area contributed by atoms with Crippen molar-refractivity contribution in [3.63, 3.8) is 0 Å². The van der Waals surface area contributed by atoms with Crippen LogP contribution < -0.4 is 11.1 Å². The Hall–Kier alpha value is -2.41. The molecule has 3 aliphatic rings. The van der Waals surface area contributed by atoms with Crippen molar-refractivity contribution in [3.8, 4) is 0 Å². The summed E-state index contributed by atoms with van der Waals surface area (Å²) < 4.78 is 0. The Bertz CT molecular complexity index is 914. The van der Waals surface area contributed by atoms with Crippen molar-refractivity contribution in [1.29, 1.82) is 0 Å². The summed E-state index contributed by atoms with van der Waals surface area (Å²) in [4.78, 5) is 19.5. The van der Waals surface area contributed by atoms with E-state index in [1.807, 2.05) is 24.3 Å². The Morgan fingerprint density at radius 3 is 2.65 bits per heavy atom. The highest BCUT2D eigenvalue weighted by Crippen LogP contribution is 2.40. The van der Waals surface area contributed by atoms with Crippen LogP contribution in [0.15, 0.2) is 51.0 Å². The maximum atomic E-state index is 5.88. The molecule has 3 N–H and O–H groups in total. The number of benzene rings is 1. The molecule has 6 nitrogen and oxygen atoms in total. The van der Waals surface area contributed by atoms with Gasteiger partial charge < -0.3 is 11.1 Å². The van der Waals surface area contributed by atoms with Gasteiger partial charge in [-0.15, -0.1) is 0 Å². The number of amidine groups is 1. The molecule has 0 radical (unpaired) electrons. The average Bonchev–Trinajstić information content (AvgIpc) is 3.53. The quantitative estimate of drug-likeness (QED) is 0.787. The number of aromatic nitrogens is 3. The molecule has 0 atom stereocenters. The highest BCUT2D eigenvalue weighted by molar-refractivity contribution is 7.99. The van der Waals surface area contributed by atoms with Gasteiger partial charge in [-0.1, -0.05) is 6.07 Å². The second-order valence-corrected chi connectivity index (χ2v) is 8.11. The number of hydrogen-bond donors (Lipinski definition) is 2. The number of nitrogen functional groups attached to an aromatic ring is 1. The summed E-state index contributed by atoms with van der Waals surface area (Å²) in [5.41, 5.74) is 8.05. The molecule has 26 heavy (non-hydrogen) atoms. The highest BCUT2D eigenvalue weighted by Gasteiger charge is 2.29. The molecular weight excluding hydrogens is 344 g/mol. The van der Waals surface area contributed by atoms with Crippen molar-refractivity contribution in [2.45, 2.75) is 41.7 Å². The van der Waals surface area contributed by atoms with E-state index in [0.717, 1.165) is 47.5 Å². The SMILES string of the molecule is Nc1cccc(Sc2nc(NC3=NCC(C4CC4)=C3)nc(C3CC3)n2)c1. The first kappa shape index (κ1) is 15.8. The predicted octanol–water partition coefficient (Wildman–Crippen LogP) is 3.64. The average molecular weight is 364 g/mol. The minimum atomic E-state index is 0.460. The van der Waals surface area contributed by atoms with Crippen molar-refractivity contribution in [1.82, 2.24) is 15.0 Å². The first-order valence-corrected chi connectivity index (χ1v) is 9.86. The second-order valence-electron chi connectivity index (χ2n) is 7.07. The molecule has 0 unspecified atom stereocenters. The fourth-order valence-corrected chi connectivity index (χ4v) is 3.84. The Morgan fingerprint density at radius 1 is 1.04 bits per heavy atom. The van der Waals surface area contributed by atoms with Gasteiger partial charge in [-0.05, 0) is 73.2 Å². The molecule has 5 rings (SSSR count). The van der Waals surface area contributed by atoms with Gasteiger partial charge in [0.05, 0.1) is 6.54 Å². The van der Waals surface area contributed by atoms with Gasteiger partial charge in [-0.3, -0.25) is 4.99 Å². The number of anilines is 2. The molecule has 7 heteroatoms. The summed E-state index contributed by atoms with van der Waals surface area (Å²) in [6, 6.07) is 7.77. The van der Waals surface area contributed by atoms with Gasteiger partial charge in [0, 0.05) is 16.5 Å². The number of nitrogens with two attached hydrogens (primary N) is 1. The molecular formula is C19H20N6S. The van der Waals surface area contributed by atoms with Crippen molar-refractivity contribution < 1.29 is 0 Å². The minimum absolute atomic E-state index is 0.460. The molecule has 2 aliphatic carbocycles. The monoisotopic (exact) mass is 364 g/mol. The maximum Gasteiger partial charge on any atom is 0.232 e. The smallest absolute Gasteiger partial charge is 0.232 e. The van der Waals surface area contributed by atoms with Crippen molar-refractivity contribution in [2.75, 3.05) is 17.6 Å². The van der Waals surface area contributed by atoms with Crippen LogP contribution in [-0.4, -0.2) is 27.3 Å². The fraction of sp³-hybridized carbons (Fsp3) is 0.368. The van der Waals surface area contributed by atoms with Crippen LogP contribution in [0, 0.1) is 5.92 Å². The Morgan fingerprint density at radius 2 is 1.88 bits per heavy atom. The van der Waals surface area contributed by atoms with Crippen molar-refractivity contribution in [3.05, 3.63) is 41.7 Å². The normalized spacial score (nSPS) is 19.2. The van der Waals surface area contributed by atoms with Gasteiger partial charge in [0.1, 0.15) is 11.7 Å². The molecule has 0 amide bonds. The van der Waals surface area contributed by atoms with Crippen molar-refractivity contribution >= 4 is 29.2 Å². The zero-order valence-corrected chi connectivity index (χ0v) is 15.2. The summed E-state index contributed by atoms with van der Waals surface area (Å²) in [6.07, 6.45) is 7.06. The molecule has 2 fully saturated rings. The third-order valence-electron chi connectivity index (χ3n) is 4.74. The Kier molecular flexibility index (Phi) is 3.89. The number of nitrogens with zero attached hydrogens (tertiary/aromatic N) is 4. The van der Waals surface area contributed by atoms with E-state index < -0.39 is 0 Å². The van der Waals surface area contributed by atoms with Crippen LogP contribution in [0.3, 0.4) is 0 Å². The summed E-state index contributed by atoms with van der Waals surface area (Å²) in [6.45, 7) is 0.804. The molecule has 2 aromatic rings. The van der Waals surface area contributed by atoms with E-state index >= 15 is 0 Å². The lowest BCUT2D eigenvalue weighted by molar-refractivity contribution is 0.816. The number of aliphatic imine (C=N–C) groups is 1. The van der Waals surface area contributed by atoms with Gasteiger partial charge in [0.15, 0.2) is 5.16 Å². The van der Waals surface area contributed by atoms with Gasteiger partial charge in [-0.2, -0.15) is 9.97 Å². The van der Waals surface area contributed by atoms with Gasteiger partial charge in [0.25, 0.3) is 0 Å². The summed E-state index contributed by atoms with van der Waals surface area (Å²) in [7, 11) is 0. The molecule has 0 bridgehead atoms. The van der Waals surface area contributed by atoms with Crippen LogP contribution in [-0.2, 0) is 0 Å². The molecule has 0 saturated heterocycles. The molecule has 1 aliphatic heterocycles. The second kappa shape index (κ2) is 6.39. The molecule has 0 spiro atoms. The Balaban J connectivity index is 1.39. The first-order chi connectivity index (χ1) is 12.7. The Labute approximate surface area is 156 Å². The van der Waals surface area contributed by atoms with E-state index in [0.29, 0.717) is 17.0 Å². The summed E-state index contributed by atoms with van der Waals surface area (Å²) in [5.74, 6) is 3.52. The van der Waals surface area contributed by atoms with Crippen LogP contribution in [0.25, 0.3) is 0 Å². The maximum absolute atomic E-state index is 5.88. The van der Waals surface area contributed by atoms with Crippen LogP contribution in [0.4, 0.5) is 11.6 Å². The largest absolute Gasteiger partial charge is 0.399 e. The molecule has 132 valence electrons. The van der Waals surface area contributed by atoms with E-state index in [4.69, 9.17) is 5.73 Å². The summed E-state index contributed by atoms with van der Waals surface area (Å²) in [5, 5.41) is 3.98. The van der Waals surface area contributed by atoms with Crippen LogP contribution in [0.5, 0.6) is 0 Å². The van der Waals surface area contributed by atoms with Gasteiger partial charge in [-0.25, -0.2) is 4.98 Å². The van der Waals surface area contributed by atoms with Gasteiger partial charge >= 0.3 is 0 Å². The number of nitrogens with one attached hydrogen (secondary N) is 1. The number of hydrogen-bond acceptors (Lipinski definition) is 7. The van der Waals surface area contributed by atoms with Crippen LogP contribution >= 0.6 is 11.8 Å². The van der Waals surface area contributed by atoms with Crippen LogP contribution in [0.2, 0.25) is 0 Å². The third kappa shape index (κ3) is 3.58. The zero-order chi connectivity index (χ0) is 17.5. The lowest BCUT2D eigenvalue weighted by Gasteiger charge is -2.08. The lowest BCUT2D eigenvalue weighted by atomic mass is 10.2. The van der Waals surface area contributed by atoms with E-state index in [1.165, 1.54) is 30.2 Å². The molecule has 2 heterocycles. The van der Waals surface area contributed by atoms with Gasteiger partial charge in [0.2, 0.25) is 5.95 Å². The molecule has 2 saturated carbocycles. The molecule has 1 aromatic heterocycles. The summed E-state index contributed by atoms with van der Waals surface area (Å²) >= 11 is 1.51. The first-order valence-electron chi connectivity index (χ1n) is 9.04. The third-order valence-corrected chi connectivity index (χ3v) is 5.59. The standard InChI is InChI=1S/C19H20N6S/c20-14-2-1-3-15(9-14)26-19-24-17(12-6-7-12)23-18(25-19)22-16-8-13(10-21-16)11-4-5-11/h1-3,8-9,11-12H,4-7,10,20H2,(H,21,22,23,24,25). The van der Waals surface area contributed by atoms with E-state index in [1.54, 1.807) is 0 Å². The van der Waals surface area contributed by atoms with Crippen molar-refractivity contribution in [2.24, 2.45) is 10.9 Å². The topological polar surface area (TPSA) is 89.1 Å². The minimum Gasteiger partial charge on any atom is -0.399 e. The zero-order valence-electron chi connectivity index (χ0n) is 14.4. The number of rotatable bonds is 5. The lowest BCUT2D eigenvalue weighted by Crippen LogP contribution is -2.12. The van der Waals surface area contributed by atoms with E-state index in [2.05, 4.69) is 31.3 Å². The molecule has 1 aromatic carbocycles. The van der Waals surface area contributed by atoms with E-state index in [-0.39, 0.29) is 0 Å². The van der Waals surface area contributed by atoms with E-state index in [9.17, 15) is 0 Å². The predicted molar refractivity (Wildman–Crippen MR) is 104 cm³/mol. The highest BCUT2D eigenvalue weighted by atomic mass is 32.2. The van der Waals surface area contributed by atoms with Crippen LogP contribution in [0.1, 0.15) is 37.4 Å².